The molecule has 1 heterocycles. The highest BCUT2D eigenvalue weighted by molar-refractivity contribution is 7.99. The molecule has 0 saturated carbocycles. The minimum atomic E-state index is 0.309. The summed E-state index contributed by atoms with van der Waals surface area (Å²) < 4.78 is 0. The predicted molar refractivity (Wildman–Crippen MR) is 92.1 cm³/mol. The van der Waals surface area contributed by atoms with Crippen molar-refractivity contribution in [3.63, 3.8) is 0 Å². The summed E-state index contributed by atoms with van der Waals surface area (Å²) in [5.41, 5.74) is 4.43. The molecule has 0 aliphatic carbocycles. The van der Waals surface area contributed by atoms with E-state index in [9.17, 15) is 5.11 Å². The van der Waals surface area contributed by atoms with Gasteiger partial charge >= 0.3 is 0 Å². The molecule has 0 spiro atoms. The van der Waals surface area contributed by atoms with Crippen LogP contribution in [0.2, 0.25) is 0 Å². The van der Waals surface area contributed by atoms with E-state index in [1.165, 1.54) is 20.9 Å². The van der Waals surface area contributed by atoms with E-state index in [1.807, 2.05) is 18.2 Å². The number of para-hydroxylation sites is 1. The highest BCUT2D eigenvalue weighted by Gasteiger charge is 2.20. The largest absolute Gasteiger partial charge is 0.507 e. The standard InChI is InChI=1S/C20H14OS/c21-18-10-4-1-7-14(18)13-17-15-8-2-5-11-19(15)22-20-12-6-3-9-16(17)20/h1-13,21H. The Kier molecular flexibility index (Phi) is 3.24. The lowest BCUT2D eigenvalue weighted by Gasteiger charge is -2.22. The van der Waals surface area contributed by atoms with E-state index < -0.39 is 0 Å². The van der Waals surface area contributed by atoms with Gasteiger partial charge in [-0.15, -0.1) is 0 Å². The van der Waals surface area contributed by atoms with Crippen LogP contribution in [0, 0.1) is 0 Å². The Morgan fingerprint density at radius 3 is 1.86 bits per heavy atom. The Balaban J connectivity index is 1.97. The van der Waals surface area contributed by atoms with Gasteiger partial charge in [0.1, 0.15) is 5.75 Å². The zero-order chi connectivity index (χ0) is 14.9. The summed E-state index contributed by atoms with van der Waals surface area (Å²) in [5.74, 6) is 0.309. The van der Waals surface area contributed by atoms with Gasteiger partial charge in [-0.25, -0.2) is 0 Å². The number of rotatable bonds is 1. The molecule has 0 aromatic heterocycles. The lowest BCUT2D eigenvalue weighted by molar-refractivity contribution is 0.474. The van der Waals surface area contributed by atoms with Crippen molar-refractivity contribution in [1.82, 2.24) is 0 Å². The van der Waals surface area contributed by atoms with Crippen LogP contribution in [-0.2, 0) is 0 Å². The zero-order valence-electron chi connectivity index (χ0n) is 11.9. The molecule has 22 heavy (non-hydrogen) atoms. The van der Waals surface area contributed by atoms with Crippen LogP contribution in [-0.4, -0.2) is 5.11 Å². The molecule has 0 bridgehead atoms. The Morgan fingerprint density at radius 1 is 0.682 bits per heavy atom. The van der Waals surface area contributed by atoms with E-state index in [0.717, 1.165) is 11.1 Å². The van der Waals surface area contributed by atoms with Crippen molar-refractivity contribution in [2.75, 3.05) is 0 Å². The molecule has 0 unspecified atom stereocenters. The minimum Gasteiger partial charge on any atom is -0.507 e. The quantitative estimate of drug-likeness (QED) is 0.505. The Hall–Kier alpha value is -2.45. The maximum absolute atomic E-state index is 10.1. The van der Waals surface area contributed by atoms with Gasteiger partial charge < -0.3 is 5.11 Å². The molecule has 3 aromatic rings. The molecule has 0 amide bonds. The monoisotopic (exact) mass is 302 g/mol. The van der Waals surface area contributed by atoms with Gasteiger partial charge in [-0.1, -0.05) is 66.4 Å². The summed E-state index contributed by atoms with van der Waals surface area (Å²) in [5, 5.41) is 10.1. The van der Waals surface area contributed by atoms with E-state index in [1.54, 1.807) is 17.8 Å². The maximum Gasteiger partial charge on any atom is 0.122 e. The molecule has 0 atom stereocenters. The molecule has 1 aliphatic rings. The fourth-order valence-electron chi connectivity index (χ4n) is 2.74. The molecule has 0 radical (unpaired) electrons. The summed E-state index contributed by atoms with van der Waals surface area (Å²) in [7, 11) is 0. The SMILES string of the molecule is Oc1ccccc1C=C1c2ccccc2Sc2ccccc21. The van der Waals surface area contributed by atoms with E-state index >= 15 is 0 Å². The second-order valence-electron chi connectivity index (χ2n) is 5.21. The lowest BCUT2D eigenvalue weighted by atomic mass is 9.95. The van der Waals surface area contributed by atoms with Crippen LogP contribution in [0.3, 0.4) is 0 Å². The lowest BCUT2D eigenvalue weighted by Crippen LogP contribution is -1.98. The highest BCUT2D eigenvalue weighted by Crippen LogP contribution is 2.46. The number of benzene rings is 3. The van der Waals surface area contributed by atoms with Gasteiger partial charge in [-0.3, -0.25) is 0 Å². The number of fused-ring (bicyclic) bond motifs is 2. The Labute approximate surface area is 133 Å². The molecule has 3 aromatic carbocycles. The number of phenols is 1. The van der Waals surface area contributed by atoms with Crippen LogP contribution >= 0.6 is 11.8 Å². The third-order valence-electron chi connectivity index (χ3n) is 3.81. The summed E-state index contributed by atoms with van der Waals surface area (Å²) in [4.78, 5) is 2.51. The van der Waals surface area contributed by atoms with Gasteiger partial charge in [-0.05, 0) is 41.0 Å². The normalized spacial score (nSPS) is 12.5. The molecule has 2 heteroatoms. The van der Waals surface area contributed by atoms with E-state index in [-0.39, 0.29) is 0 Å². The first kappa shape index (κ1) is 13.2. The van der Waals surface area contributed by atoms with Crippen molar-refractivity contribution in [2.45, 2.75) is 9.79 Å². The van der Waals surface area contributed by atoms with E-state index in [2.05, 4.69) is 54.6 Å². The number of hydrogen-bond acceptors (Lipinski definition) is 2. The average Bonchev–Trinajstić information content (AvgIpc) is 2.56. The zero-order valence-corrected chi connectivity index (χ0v) is 12.7. The summed E-state index contributed by atoms with van der Waals surface area (Å²) in [6, 6.07) is 24.3. The van der Waals surface area contributed by atoms with Crippen LogP contribution in [0.1, 0.15) is 16.7 Å². The molecule has 106 valence electrons. The molecule has 0 fully saturated rings. The molecule has 1 nitrogen and oxygen atoms in total. The first-order valence-electron chi connectivity index (χ1n) is 7.19. The van der Waals surface area contributed by atoms with Crippen molar-refractivity contribution in [3.8, 4) is 5.75 Å². The first-order chi connectivity index (χ1) is 10.8. The van der Waals surface area contributed by atoms with Crippen molar-refractivity contribution < 1.29 is 5.11 Å². The maximum atomic E-state index is 10.1. The summed E-state index contributed by atoms with van der Waals surface area (Å²) in [6.45, 7) is 0. The second kappa shape index (κ2) is 5.39. The van der Waals surface area contributed by atoms with Gasteiger partial charge in [0.15, 0.2) is 0 Å². The second-order valence-corrected chi connectivity index (χ2v) is 6.29. The fourth-order valence-corrected chi connectivity index (χ4v) is 3.85. The predicted octanol–water partition coefficient (Wildman–Crippen LogP) is 5.45. The van der Waals surface area contributed by atoms with Crippen LogP contribution < -0.4 is 0 Å². The topological polar surface area (TPSA) is 20.2 Å². The van der Waals surface area contributed by atoms with Crippen LogP contribution in [0.25, 0.3) is 11.6 Å². The molecule has 4 rings (SSSR count). The van der Waals surface area contributed by atoms with Crippen molar-refractivity contribution in [3.05, 3.63) is 89.5 Å². The van der Waals surface area contributed by atoms with E-state index in [0.29, 0.717) is 5.75 Å². The third-order valence-corrected chi connectivity index (χ3v) is 4.96. The van der Waals surface area contributed by atoms with Crippen molar-refractivity contribution in [2.24, 2.45) is 0 Å². The molecule has 1 aliphatic heterocycles. The minimum absolute atomic E-state index is 0.309. The molecule has 0 saturated heterocycles. The van der Waals surface area contributed by atoms with E-state index in [4.69, 9.17) is 0 Å². The van der Waals surface area contributed by atoms with Crippen molar-refractivity contribution in [1.29, 1.82) is 0 Å². The number of phenolic OH excluding ortho intramolecular Hbond substituents is 1. The number of aromatic hydroxyl groups is 1. The molecular weight excluding hydrogens is 288 g/mol. The van der Waals surface area contributed by atoms with Gasteiger partial charge in [0.2, 0.25) is 0 Å². The smallest absolute Gasteiger partial charge is 0.122 e. The van der Waals surface area contributed by atoms with Gasteiger partial charge in [0, 0.05) is 15.4 Å². The number of hydrogen-bond donors (Lipinski definition) is 1. The highest BCUT2D eigenvalue weighted by atomic mass is 32.2. The molecule has 1 N–H and O–H groups in total. The Morgan fingerprint density at radius 2 is 1.23 bits per heavy atom. The average molecular weight is 302 g/mol. The fraction of sp³-hybridized carbons (Fsp3) is 0. The van der Waals surface area contributed by atoms with Crippen LogP contribution in [0.15, 0.2) is 82.6 Å². The Bertz CT molecular complexity index is 833. The summed E-state index contributed by atoms with van der Waals surface area (Å²) in [6.07, 6.45) is 2.08. The van der Waals surface area contributed by atoms with Gasteiger partial charge in [0.05, 0.1) is 0 Å². The van der Waals surface area contributed by atoms with Gasteiger partial charge in [0.25, 0.3) is 0 Å². The molecular formula is C20H14OS. The van der Waals surface area contributed by atoms with Crippen molar-refractivity contribution >= 4 is 23.4 Å². The first-order valence-corrected chi connectivity index (χ1v) is 8.01. The van der Waals surface area contributed by atoms with Gasteiger partial charge in [-0.2, -0.15) is 0 Å². The summed E-state index contributed by atoms with van der Waals surface area (Å²) >= 11 is 1.80. The third kappa shape index (κ3) is 2.22. The van der Waals surface area contributed by atoms with Crippen LogP contribution in [0.4, 0.5) is 0 Å². The van der Waals surface area contributed by atoms with Crippen LogP contribution in [0.5, 0.6) is 5.75 Å².